The lowest BCUT2D eigenvalue weighted by Gasteiger charge is -2.34. The molecule has 1 atom stereocenters. The van der Waals surface area contributed by atoms with Gasteiger partial charge in [0.05, 0.1) is 6.61 Å². The summed E-state index contributed by atoms with van der Waals surface area (Å²) in [4.78, 5) is 30.7. The smallest absolute Gasteiger partial charge is 0.323 e. The van der Waals surface area contributed by atoms with E-state index in [9.17, 15) is 9.59 Å². The van der Waals surface area contributed by atoms with Crippen LogP contribution in [0.4, 0.5) is 0 Å². The highest BCUT2D eigenvalue weighted by molar-refractivity contribution is 5.75. The van der Waals surface area contributed by atoms with Crippen LogP contribution < -0.4 is 5.73 Å². The predicted octanol–water partition coefficient (Wildman–Crippen LogP) is 10.2. The molecule has 290 valence electrons. The van der Waals surface area contributed by atoms with E-state index >= 15 is 0 Å². The van der Waals surface area contributed by atoms with Crippen molar-refractivity contribution in [2.45, 2.75) is 200 Å². The Morgan fingerprint density at radius 3 is 1.69 bits per heavy atom. The van der Waals surface area contributed by atoms with Gasteiger partial charge in [-0.1, -0.05) is 142 Å². The molecule has 0 aromatic rings. The van der Waals surface area contributed by atoms with Gasteiger partial charge in [-0.2, -0.15) is 0 Å². The summed E-state index contributed by atoms with van der Waals surface area (Å²) in [6, 6.07) is -0.269. The summed E-state index contributed by atoms with van der Waals surface area (Å²) >= 11 is 0. The highest BCUT2D eigenvalue weighted by Gasteiger charge is 2.27. The van der Waals surface area contributed by atoms with Crippen LogP contribution in [0, 0.1) is 5.92 Å². The first-order valence-corrected chi connectivity index (χ1v) is 21.5. The first kappa shape index (κ1) is 45.8. The van der Waals surface area contributed by atoms with Gasteiger partial charge in [-0.15, -0.1) is 0 Å². The van der Waals surface area contributed by atoms with E-state index in [2.05, 4.69) is 23.6 Å². The summed E-state index contributed by atoms with van der Waals surface area (Å²) in [5.41, 5.74) is 5.80. The third kappa shape index (κ3) is 26.3. The van der Waals surface area contributed by atoms with Crippen LogP contribution in [0.5, 0.6) is 0 Å². The molecule has 1 saturated heterocycles. The minimum absolute atomic E-state index is 0.0985. The van der Waals surface area contributed by atoms with Crippen molar-refractivity contribution in [1.82, 2.24) is 9.80 Å². The Kier molecular flexibility index (Phi) is 31.7. The number of nitrogens with two attached hydrogens (primary N) is 1. The maximum Gasteiger partial charge on any atom is 0.323 e. The van der Waals surface area contributed by atoms with E-state index < -0.39 is 0 Å². The number of ether oxygens (including phenoxy) is 2. The number of hydrogen-bond donors (Lipinski definition) is 1. The van der Waals surface area contributed by atoms with Gasteiger partial charge in [0.25, 0.3) is 0 Å². The first-order chi connectivity index (χ1) is 24.0. The van der Waals surface area contributed by atoms with Crippen LogP contribution in [-0.4, -0.2) is 80.3 Å². The van der Waals surface area contributed by atoms with Crippen LogP contribution in [0.25, 0.3) is 0 Å². The van der Waals surface area contributed by atoms with E-state index in [1.165, 1.54) is 122 Å². The van der Waals surface area contributed by atoms with Gasteiger partial charge in [-0.3, -0.25) is 14.5 Å². The van der Waals surface area contributed by atoms with Crippen molar-refractivity contribution in [2.75, 3.05) is 52.5 Å². The molecule has 1 heterocycles. The van der Waals surface area contributed by atoms with Crippen molar-refractivity contribution in [1.29, 1.82) is 0 Å². The van der Waals surface area contributed by atoms with E-state index in [-0.39, 0.29) is 18.0 Å². The third-order valence-electron chi connectivity index (χ3n) is 10.7. The molecule has 0 saturated carbocycles. The quantitative estimate of drug-likeness (QED) is 0.0522. The molecule has 1 rings (SSSR count). The Hall–Kier alpha value is -1.18. The molecule has 1 aliphatic heterocycles. The molecule has 7 heteroatoms. The number of hydrogen-bond acceptors (Lipinski definition) is 7. The van der Waals surface area contributed by atoms with E-state index in [4.69, 9.17) is 15.2 Å². The normalized spacial score (nSPS) is 14.8. The van der Waals surface area contributed by atoms with Gasteiger partial charge in [-0.05, 0) is 77.5 Å². The molecule has 1 unspecified atom stereocenters. The van der Waals surface area contributed by atoms with E-state index in [0.717, 1.165) is 83.6 Å². The van der Waals surface area contributed by atoms with Gasteiger partial charge < -0.3 is 20.1 Å². The molecule has 2 N–H and O–H groups in total. The standard InChI is InChI=1S/C42H83N3O4/c1-4-7-9-11-13-15-17-19-21-23-25-28-41(46)49-38-37-45(34-26-33-44-35-30-39(29-32-43)31-36-44)40(42(47)48-6-3)27-24-22-20-18-16-14-12-10-8-5-2/h39-40H,4-38,43H2,1-3H3. The highest BCUT2D eigenvalue weighted by atomic mass is 16.5. The fourth-order valence-electron chi connectivity index (χ4n) is 7.45. The van der Waals surface area contributed by atoms with Crippen LogP contribution in [0.15, 0.2) is 0 Å². The number of carbonyl (C=O) groups is 2. The average Bonchev–Trinajstić information content (AvgIpc) is 3.10. The average molecular weight is 694 g/mol. The third-order valence-corrected chi connectivity index (χ3v) is 10.7. The predicted molar refractivity (Wildman–Crippen MR) is 208 cm³/mol. The molecule has 7 nitrogen and oxygen atoms in total. The fourth-order valence-corrected chi connectivity index (χ4v) is 7.45. The van der Waals surface area contributed by atoms with E-state index in [1.54, 1.807) is 0 Å². The summed E-state index contributed by atoms with van der Waals surface area (Å²) < 4.78 is 11.3. The van der Waals surface area contributed by atoms with Crippen LogP contribution >= 0.6 is 0 Å². The molecule has 0 spiro atoms. The Labute approximate surface area is 304 Å². The summed E-state index contributed by atoms with van der Waals surface area (Å²) in [7, 11) is 0. The van der Waals surface area contributed by atoms with Gasteiger partial charge in [0.2, 0.25) is 0 Å². The second-order valence-electron chi connectivity index (χ2n) is 15.0. The van der Waals surface area contributed by atoms with E-state index in [1.807, 2.05) is 6.92 Å². The molecule has 49 heavy (non-hydrogen) atoms. The number of rotatable bonds is 35. The minimum atomic E-state index is -0.269. The Balaban J connectivity index is 2.51. The molecule has 0 aliphatic carbocycles. The van der Waals surface area contributed by atoms with Crippen molar-refractivity contribution in [2.24, 2.45) is 11.7 Å². The molecule has 0 aromatic carbocycles. The Bertz CT molecular complexity index is 743. The number of nitrogens with zero attached hydrogens (tertiary/aromatic N) is 2. The molecular formula is C42H83N3O4. The topological polar surface area (TPSA) is 85.1 Å². The number of piperidine rings is 1. The van der Waals surface area contributed by atoms with Crippen molar-refractivity contribution in [3.8, 4) is 0 Å². The van der Waals surface area contributed by atoms with Crippen LogP contribution in [-0.2, 0) is 19.1 Å². The molecule has 1 fully saturated rings. The maximum atomic E-state index is 13.3. The number of esters is 2. The lowest BCUT2D eigenvalue weighted by atomic mass is 9.93. The molecule has 0 aromatic heterocycles. The molecule has 0 radical (unpaired) electrons. The van der Waals surface area contributed by atoms with E-state index in [0.29, 0.717) is 26.2 Å². The Morgan fingerprint density at radius 1 is 0.673 bits per heavy atom. The fraction of sp³-hybridized carbons (Fsp3) is 0.952. The second-order valence-corrected chi connectivity index (χ2v) is 15.0. The summed E-state index contributed by atoms with van der Waals surface area (Å²) in [6.07, 6.45) is 32.7. The number of likely N-dealkylation sites (tertiary alicyclic amines) is 1. The van der Waals surface area contributed by atoms with Gasteiger partial charge in [0.15, 0.2) is 0 Å². The van der Waals surface area contributed by atoms with Crippen LogP contribution in [0.2, 0.25) is 0 Å². The zero-order valence-corrected chi connectivity index (χ0v) is 33.0. The zero-order chi connectivity index (χ0) is 35.6. The highest BCUT2D eigenvalue weighted by Crippen LogP contribution is 2.21. The van der Waals surface area contributed by atoms with Crippen molar-refractivity contribution in [3.05, 3.63) is 0 Å². The minimum Gasteiger partial charge on any atom is -0.465 e. The molecule has 1 aliphatic rings. The maximum absolute atomic E-state index is 13.3. The summed E-state index contributed by atoms with van der Waals surface area (Å²) in [5.74, 6) is 0.554. The largest absolute Gasteiger partial charge is 0.465 e. The number of carbonyl (C=O) groups excluding carboxylic acids is 2. The SMILES string of the molecule is CCCCCCCCCCCCCC(=O)OCCN(CCCN1CCC(CCN)CC1)C(CCCCCCCCCCCC)C(=O)OCC. The lowest BCUT2D eigenvalue weighted by Crippen LogP contribution is -2.45. The van der Waals surface area contributed by atoms with Crippen molar-refractivity contribution < 1.29 is 19.1 Å². The first-order valence-electron chi connectivity index (χ1n) is 21.5. The summed E-state index contributed by atoms with van der Waals surface area (Å²) in [6.45, 7) is 12.7. The van der Waals surface area contributed by atoms with Gasteiger partial charge in [-0.25, -0.2) is 0 Å². The van der Waals surface area contributed by atoms with Crippen molar-refractivity contribution in [3.63, 3.8) is 0 Å². The zero-order valence-electron chi connectivity index (χ0n) is 33.0. The molecule has 0 amide bonds. The van der Waals surface area contributed by atoms with Gasteiger partial charge >= 0.3 is 11.9 Å². The van der Waals surface area contributed by atoms with Gasteiger partial charge in [0.1, 0.15) is 12.6 Å². The van der Waals surface area contributed by atoms with Gasteiger partial charge in [0, 0.05) is 19.5 Å². The molecule has 0 bridgehead atoms. The van der Waals surface area contributed by atoms with Crippen molar-refractivity contribution >= 4 is 11.9 Å². The lowest BCUT2D eigenvalue weighted by molar-refractivity contribution is -0.151. The molecular weight excluding hydrogens is 610 g/mol. The second kappa shape index (κ2) is 33.9. The Morgan fingerprint density at radius 2 is 1.18 bits per heavy atom. The van der Waals surface area contributed by atoms with Crippen LogP contribution in [0.1, 0.15) is 194 Å². The monoisotopic (exact) mass is 694 g/mol. The van der Waals surface area contributed by atoms with Crippen LogP contribution in [0.3, 0.4) is 0 Å². The number of unbranched alkanes of at least 4 members (excludes halogenated alkanes) is 19. The summed E-state index contributed by atoms with van der Waals surface area (Å²) in [5, 5.41) is 0.